The Labute approximate surface area is 129 Å². The number of benzene rings is 2. The van der Waals surface area contributed by atoms with E-state index in [2.05, 4.69) is 0 Å². The molecule has 1 aliphatic rings. The number of ether oxygens (including phenoxy) is 1. The molecule has 0 aromatic heterocycles. The summed E-state index contributed by atoms with van der Waals surface area (Å²) in [5.74, 6) is -1.47. The maximum absolute atomic E-state index is 12.6. The van der Waals surface area contributed by atoms with Crippen molar-refractivity contribution in [3.63, 3.8) is 0 Å². The van der Waals surface area contributed by atoms with Crippen molar-refractivity contribution in [1.29, 1.82) is 0 Å². The zero-order valence-electron chi connectivity index (χ0n) is 11.5. The fraction of sp³-hybridized carbons (Fsp3) is 0.312. The fourth-order valence-corrected chi connectivity index (χ4v) is 4.10. The molecule has 0 radical (unpaired) electrons. The van der Waals surface area contributed by atoms with Gasteiger partial charge in [-0.25, -0.2) is 4.79 Å². The third kappa shape index (κ3) is 2.67. The highest BCUT2D eigenvalue weighted by molar-refractivity contribution is 8.00. The van der Waals surface area contributed by atoms with Crippen molar-refractivity contribution in [2.75, 3.05) is 5.75 Å². The van der Waals surface area contributed by atoms with Crippen LogP contribution in [0.5, 0.6) is 0 Å². The Morgan fingerprint density at radius 1 is 1.14 bits per heavy atom. The van der Waals surface area contributed by atoms with Crippen LogP contribution in [0.25, 0.3) is 10.8 Å². The lowest BCUT2D eigenvalue weighted by atomic mass is 9.97. The molecule has 1 atom stereocenters. The number of esters is 1. The molecule has 2 aromatic rings. The number of thioether (sulfide) groups is 1. The van der Waals surface area contributed by atoms with E-state index in [1.165, 1.54) is 11.8 Å². The van der Waals surface area contributed by atoms with Crippen molar-refractivity contribution in [2.45, 2.75) is 24.0 Å². The summed E-state index contributed by atoms with van der Waals surface area (Å²) >= 11 is 1.26. The molecule has 0 spiro atoms. The zero-order chi connectivity index (χ0) is 15.8. The summed E-state index contributed by atoms with van der Waals surface area (Å²) in [7, 11) is 0. The van der Waals surface area contributed by atoms with Gasteiger partial charge in [0.1, 0.15) is 0 Å². The van der Waals surface area contributed by atoms with Crippen molar-refractivity contribution in [3.8, 4) is 0 Å². The molecule has 1 unspecified atom stereocenters. The smallest absolute Gasteiger partial charge is 0.437 e. The maximum Gasteiger partial charge on any atom is 0.490 e. The van der Waals surface area contributed by atoms with Gasteiger partial charge in [-0.2, -0.15) is 13.2 Å². The second-order valence-electron chi connectivity index (χ2n) is 5.12. The predicted molar refractivity (Wildman–Crippen MR) is 79.5 cm³/mol. The molecule has 1 heterocycles. The largest absolute Gasteiger partial charge is 0.490 e. The van der Waals surface area contributed by atoms with Gasteiger partial charge in [-0.3, -0.25) is 0 Å². The SMILES string of the molecule is O=C(OC1(c2cccc3ccccc23)CCCS1)C(F)(F)F. The van der Waals surface area contributed by atoms with E-state index in [-0.39, 0.29) is 0 Å². The second-order valence-corrected chi connectivity index (χ2v) is 6.48. The molecule has 0 N–H and O–H groups in total. The van der Waals surface area contributed by atoms with E-state index in [1.807, 2.05) is 30.3 Å². The molecule has 0 saturated carbocycles. The molecule has 0 aliphatic carbocycles. The summed E-state index contributed by atoms with van der Waals surface area (Å²) in [4.78, 5) is 10.1. The number of carbonyl (C=O) groups excluding carboxylic acids is 1. The molecule has 1 fully saturated rings. The van der Waals surface area contributed by atoms with Crippen LogP contribution in [-0.4, -0.2) is 17.9 Å². The molecular weight excluding hydrogens is 313 g/mol. The monoisotopic (exact) mass is 326 g/mol. The minimum absolute atomic E-state index is 0.382. The number of hydrogen-bond acceptors (Lipinski definition) is 3. The lowest BCUT2D eigenvalue weighted by Crippen LogP contribution is -2.34. The van der Waals surface area contributed by atoms with Crippen molar-refractivity contribution in [3.05, 3.63) is 48.0 Å². The van der Waals surface area contributed by atoms with E-state index in [0.717, 1.165) is 10.8 Å². The third-order valence-corrected chi connectivity index (χ3v) is 5.14. The number of carbonyl (C=O) groups is 1. The van der Waals surface area contributed by atoms with Gasteiger partial charge in [0.25, 0.3) is 0 Å². The van der Waals surface area contributed by atoms with Gasteiger partial charge >= 0.3 is 12.1 Å². The first-order valence-electron chi connectivity index (χ1n) is 6.85. The first-order chi connectivity index (χ1) is 10.4. The van der Waals surface area contributed by atoms with Crippen LogP contribution >= 0.6 is 11.8 Å². The van der Waals surface area contributed by atoms with E-state index >= 15 is 0 Å². The number of halogens is 3. The Hall–Kier alpha value is -1.69. The lowest BCUT2D eigenvalue weighted by Gasteiger charge is -2.30. The first-order valence-corrected chi connectivity index (χ1v) is 7.83. The highest BCUT2D eigenvalue weighted by Crippen LogP contribution is 2.50. The Bertz CT molecular complexity index is 701. The summed E-state index contributed by atoms with van der Waals surface area (Å²) in [6.45, 7) is 0. The second kappa shape index (κ2) is 5.50. The summed E-state index contributed by atoms with van der Waals surface area (Å²) in [5, 5.41) is 1.73. The van der Waals surface area contributed by atoms with Crippen molar-refractivity contribution < 1.29 is 22.7 Å². The zero-order valence-corrected chi connectivity index (χ0v) is 12.3. The minimum Gasteiger partial charge on any atom is -0.437 e. The average molecular weight is 326 g/mol. The number of hydrogen-bond donors (Lipinski definition) is 0. The highest BCUT2D eigenvalue weighted by Gasteiger charge is 2.49. The molecule has 2 nitrogen and oxygen atoms in total. The number of alkyl halides is 3. The first kappa shape index (κ1) is 15.2. The molecule has 0 amide bonds. The van der Waals surface area contributed by atoms with Crippen LogP contribution in [0.1, 0.15) is 18.4 Å². The van der Waals surface area contributed by atoms with Crippen LogP contribution in [0, 0.1) is 0 Å². The van der Waals surface area contributed by atoms with Crippen LogP contribution in [-0.2, 0) is 14.5 Å². The predicted octanol–water partition coefficient (Wildman–Crippen LogP) is 4.63. The van der Waals surface area contributed by atoms with E-state index in [9.17, 15) is 18.0 Å². The highest BCUT2D eigenvalue weighted by atomic mass is 32.2. The van der Waals surface area contributed by atoms with E-state index in [1.54, 1.807) is 12.1 Å². The standard InChI is InChI=1S/C16H13F3O2S/c17-16(18,19)14(20)21-15(9-4-10-22-15)13-8-3-6-11-5-1-2-7-12(11)13/h1-3,5-8H,4,9-10H2. The molecule has 1 aliphatic heterocycles. The molecule has 3 rings (SSSR count). The van der Waals surface area contributed by atoms with Gasteiger partial charge in [-0.15, -0.1) is 11.8 Å². The quantitative estimate of drug-likeness (QED) is 0.753. The van der Waals surface area contributed by atoms with E-state index < -0.39 is 17.1 Å². The van der Waals surface area contributed by atoms with Crippen molar-refractivity contribution in [2.24, 2.45) is 0 Å². The number of fused-ring (bicyclic) bond motifs is 1. The van der Waals surface area contributed by atoms with Gasteiger partial charge in [-0.05, 0) is 22.9 Å². The van der Waals surface area contributed by atoms with Gasteiger partial charge in [0.05, 0.1) is 0 Å². The summed E-state index contributed by atoms with van der Waals surface area (Å²) in [5.41, 5.74) is 0.630. The van der Waals surface area contributed by atoms with Crippen LogP contribution in [0.2, 0.25) is 0 Å². The number of rotatable bonds is 2. The third-order valence-electron chi connectivity index (χ3n) is 3.67. The molecule has 22 heavy (non-hydrogen) atoms. The van der Waals surface area contributed by atoms with Gasteiger partial charge in [0.2, 0.25) is 0 Å². The molecule has 2 aromatic carbocycles. The van der Waals surface area contributed by atoms with Crippen molar-refractivity contribution >= 4 is 28.5 Å². The van der Waals surface area contributed by atoms with Crippen LogP contribution in [0.4, 0.5) is 13.2 Å². The Balaban J connectivity index is 2.09. The topological polar surface area (TPSA) is 26.3 Å². The molecule has 0 bridgehead atoms. The van der Waals surface area contributed by atoms with E-state index in [0.29, 0.717) is 24.2 Å². The van der Waals surface area contributed by atoms with Gasteiger partial charge in [-0.1, -0.05) is 42.5 Å². The molecule has 6 heteroatoms. The molecule has 116 valence electrons. The lowest BCUT2D eigenvalue weighted by molar-refractivity contribution is -0.207. The Kier molecular flexibility index (Phi) is 3.80. The summed E-state index contributed by atoms with van der Waals surface area (Å²) in [6.07, 6.45) is -3.90. The van der Waals surface area contributed by atoms with Crippen molar-refractivity contribution in [1.82, 2.24) is 0 Å². The molecular formula is C16H13F3O2S. The van der Waals surface area contributed by atoms with Gasteiger partial charge in [0, 0.05) is 12.0 Å². The normalized spacial score (nSPS) is 22.0. The summed E-state index contributed by atoms with van der Waals surface area (Å²) in [6, 6.07) is 12.8. The fourth-order valence-electron chi connectivity index (χ4n) is 2.73. The van der Waals surface area contributed by atoms with Crippen LogP contribution < -0.4 is 0 Å². The average Bonchev–Trinajstić information content (AvgIpc) is 2.95. The maximum atomic E-state index is 12.6. The molecule has 1 saturated heterocycles. The van der Waals surface area contributed by atoms with E-state index in [4.69, 9.17) is 4.74 Å². The van der Waals surface area contributed by atoms with Crippen LogP contribution in [0.3, 0.4) is 0 Å². The Morgan fingerprint density at radius 2 is 1.86 bits per heavy atom. The Morgan fingerprint density at radius 3 is 2.55 bits per heavy atom. The summed E-state index contributed by atoms with van der Waals surface area (Å²) < 4.78 is 42.8. The van der Waals surface area contributed by atoms with Gasteiger partial charge < -0.3 is 4.74 Å². The minimum atomic E-state index is -4.99. The van der Waals surface area contributed by atoms with Gasteiger partial charge in [0.15, 0.2) is 4.93 Å². The van der Waals surface area contributed by atoms with Crippen LogP contribution in [0.15, 0.2) is 42.5 Å².